The summed E-state index contributed by atoms with van der Waals surface area (Å²) in [7, 11) is 0. The smallest absolute Gasteiger partial charge is 0.231 e. The minimum atomic E-state index is -0.336. The van der Waals surface area contributed by atoms with E-state index in [2.05, 4.69) is 41.9 Å². The van der Waals surface area contributed by atoms with E-state index < -0.39 is 0 Å². The Morgan fingerprint density at radius 2 is 1.95 bits per heavy atom. The molecule has 2 rings (SSSR count). The Balaban J connectivity index is 2.23. The van der Waals surface area contributed by atoms with Crippen molar-refractivity contribution in [2.24, 2.45) is 5.73 Å². The van der Waals surface area contributed by atoms with E-state index in [0.29, 0.717) is 6.54 Å². The fourth-order valence-electron chi connectivity index (χ4n) is 2.30. The average Bonchev–Trinajstić information content (AvgIpc) is 2.65. The highest BCUT2D eigenvalue weighted by Crippen LogP contribution is 2.20. The Hall–Kier alpha value is -2.07. The van der Waals surface area contributed by atoms with Gasteiger partial charge in [0.1, 0.15) is 0 Å². The molecule has 0 unspecified atom stereocenters. The van der Waals surface area contributed by atoms with Gasteiger partial charge in [-0.25, -0.2) is 0 Å². The first-order chi connectivity index (χ1) is 9.09. The van der Waals surface area contributed by atoms with Crippen LogP contribution in [0.1, 0.15) is 17.0 Å². The van der Waals surface area contributed by atoms with Crippen LogP contribution in [0.4, 0.5) is 0 Å². The molecule has 2 aromatic rings. The molecule has 0 aliphatic rings. The lowest BCUT2D eigenvalue weighted by molar-refractivity contribution is -0.117. The number of carbonyl (C=O) groups excluding carboxylic acids is 1. The van der Waals surface area contributed by atoms with Crippen molar-refractivity contribution < 1.29 is 4.79 Å². The van der Waals surface area contributed by atoms with Gasteiger partial charge in [-0.3, -0.25) is 4.79 Å². The van der Waals surface area contributed by atoms with Gasteiger partial charge < -0.3 is 15.6 Å². The van der Waals surface area contributed by atoms with Gasteiger partial charge in [-0.1, -0.05) is 18.2 Å². The number of primary amides is 1. The van der Waals surface area contributed by atoms with E-state index >= 15 is 0 Å². The molecular formula is C15H19N3O. The summed E-state index contributed by atoms with van der Waals surface area (Å²) in [6.07, 6.45) is 0. The normalized spacial score (nSPS) is 10.6. The molecule has 0 saturated heterocycles. The van der Waals surface area contributed by atoms with E-state index in [9.17, 15) is 4.79 Å². The molecule has 0 aliphatic heterocycles. The second-order valence-corrected chi connectivity index (χ2v) is 4.64. The number of para-hydroxylation sites is 1. The summed E-state index contributed by atoms with van der Waals surface area (Å²) >= 11 is 0. The molecule has 1 heterocycles. The molecule has 1 amide bonds. The van der Waals surface area contributed by atoms with Gasteiger partial charge in [0.15, 0.2) is 0 Å². The zero-order valence-electron chi connectivity index (χ0n) is 11.3. The van der Waals surface area contributed by atoms with Gasteiger partial charge in [0, 0.05) is 23.6 Å². The van der Waals surface area contributed by atoms with E-state index in [1.165, 1.54) is 17.0 Å². The molecule has 0 saturated carbocycles. The third-order valence-corrected chi connectivity index (χ3v) is 3.17. The zero-order chi connectivity index (χ0) is 13.8. The van der Waals surface area contributed by atoms with Crippen molar-refractivity contribution in [1.29, 1.82) is 0 Å². The number of nitrogens with zero attached hydrogens (tertiary/aromatic N) is 1. The first-order valence-electron chi connectivity index (χ1n) is 6.32. The minimum absolute atomic E-state index is 0.203. The molecule has 3 N–H and O–H groups in total. The number of nitrogens with two attached hydrogens (primary N) is 1. The summed E-state index contributed by atoms with van der Waals surface area (Å²) in [6, 6.07) is 12.4. The molecule has 0 fully saturated rings. The van der Waals surface area contributed by atoms with Crippen molar-refractivity contribution in [2.75, 3.05) is 6.54 Å². The molecule has 1 aromatic carbocycles. The molecule has 0 aliphatic carbocycles. The summed E-state index contributed by atoms with van der Waals surface area (Å²) in [5.74, 6) is -0.336. The highest BCUT2D eigenvalue weighted by Gasteiger charge is 2.10. The van der Waals surface area contributed by atoms with E-state index in [4.69, 9.17) is 5.73 Å². The van der Waals surface area contributed by atoms with Crippen molar-refractivity contribution in [3.8, 4) is 5.69 Å². The van der Waals surface area contributed by atoms with Crippen LogP contribution in [0, 0.1) is 13.8 Å². The van der Waals surface area contributed by atoms with Crippen LogP contribution in [0.3, 0.4) is 0 Å². The Morgan fingerprint density at radius 3 is 2.58 bits per heavy atom. The summed E-state index contributed by atoms with van der Waals surface area (Å²) in [6.45, 7) is 5.02. The predicted octanol–water partition coefficient (Wildman–Crippen LogP) is 1.67. The number of nitrogens with one attached hydrogen (secondary N) is 1. The standard InChI is InChI=1S/C15H19N3O/c1-11-8-13(9-17-10-15(16)19)12(2)18(11)14-6-4-3-5-7-14/h3-8,17H,9-10H2,1-2H3,(H2,16,19). The third-order valence-electron chi connectivity index (χ3n) is 3.17. The van der Waals surface area contributed by atoms with Gasteiger partial charge in [-0.15, -0.1) is 0 Å². The van der Waals surface area contributed by atoms with Crippen LogP contribution in [-0.4, -0.2) is 17.0 Å². The van der Waals surface area contributed by atoms with Crippen LogP contribution in [0.15, 0.2) is 36.4 Å². The molecule has 0 atom stereocenters. The minimum Gasteiger partial charge on any atom is -0.369 e. The molecule has 0 radical (unpaired) electrons. The second kappa shape index (κ2) is 5.71. The van der Waals surface area contributed by atoms with E-state index in [1.54, 1.807) is 0 Å². The number of hydrogen-bond acceptors (Lipinski definition) is 2. The highest BCUT2D eigenvalue weighted by atomic mass is 16.1. The molecule has 4 nitrogen and oxygen atoms in total. The van der Waals surface area contributed by atoms with Gasteiger partial charge in [0.05, 0.1) is 6.54 Å². The van der Waals surface area contributed by atoms with Gasteiger partial charge in [-0.2, -0.15) is 0 Å². The third kappa shape index (κ3) is 3.03. The summed E-state index contributed by atoms with van der Waals surface area (Å²) in [4.78, 5) is 10.7. The Bertz CT molecular complexity index is 573. The van der Waals surface area contributed by atoms with Crippen molar-refractivity contribution in [1.82, 2.24) is 9.88 Å². The zero-order valence-corrected chi connectivity index (χ0v) is 11.3. The second-order valence-electron chi connectivity index (χ2n) is 4.64. The Kier molecular flexibility index (Phi) is 4.02. The predicted molar refractivity (Wildman–Crippen MR) is 76.1 cm³/mol. The van der Waals surface area contributed by atoms with Gasteiger partial charge >= 0.3 is 0 Å². The largest absolute Gasteiger partial charge is 0.369 e. The van der Waals surface area contributed by atoms with Crippen molar-refractivity contribution >= 4 is 5.91 Å². The number of aryl methyl sites for hydroxylation is 1. The van der Waals surface area contributed by atoms with Gasteiger partial charge in [0.2, 0.25) is 5.91 Å². The molecule has 0 bridgehead atoms. The van der Waals surface area contributed by atoms with Gasteiger partial charge in [0.25, 0.3) is 0 Å². The van der Waals surface area contributed by atoms with Crippen LogP contribution in [0.25, 0.3) is 5.69 Å². The highest BCUT2D eigenvalue weighted by molar-refractivity contribution is 5.75. The first kappa shape index (κ1) is 13.4. The fourth-order valence-corrected chi connectivity index (χ4v) is 2.30. The van der Waals surface area contributed by atoms with Crippen LogP contribution in [-0.2, 0) is 11.3 Å². The van der Waals surface area contributed by atoms with Gasteiger partial charge in [-0.05, 0) is 37.6 Å². The lowest BCUT2D eigenvalue weighted by atomic mass is 10.2. The first-order valence-corrected chi connectivity index (χ1v) is 6.32. The maximum atomic E-state index is 10.7. The average molecular weight is 257 g/mol. The molecule has 100 valence electrons. The van der Waals surface area contributed by atoms with Crippen LogP contribution < -0.4 is 11.1 Å². The fraction of sp³-hybridized carbons (Fsp3) is 0.267. The number of carbonyl (C=O) groups is 1. The van der Waals surface area contributed by atoms with E-state index in [-0.39, 0.29) is 12.5 Å². The lowest BCUT2D eigenvalue weighted by Gasteiger charge is -2.10. The molecule has 1 aromatic heterocycles. The summed E-state index contributed by atoms with van der Waals surface area (Å²) in [5.41, 5.74) is 9.81. The molecule has 4 heteroatoms. The number of benzene rings is 1. The van der Waals surface area contributed by atoms with E-state index in [1.807, 2.05) is 18.2 Å². The van der Waals surface area contributed by atoms with E-state index in [0.717, 1.165) is 5.69 Å². The van der Waals surface area contributed by atoms with Crippen molar-refractivity contribution in [3.05, 3.63) is 53.3 Å². The number of hydrogen-bond donors (Lipinski definition) is 2. The number of rotatable bonds is 5. The monoisotopic (exact) mass is 257 g/mol. The quantitative estimate of drug-likeness (QED) is 0.856. The Morgan fingerprint density at radius 1 is 1.26 bits per heavy atom. The van der Waals surface area contributed by atoms with Crippen LogP contribution >= 0.6 is 0 Å². The van der Waals surface area contributed by atoms with Crippen molar-refractivity contribution in [2.45, 2.75) is 20.4 Å². The van der Waals surface area contributed by atoms with Crippen molar-refractivity contribution in [3.63, 3.8) is 0 Å². The maximum Gasteiger partial charge on any atom is 0.231 e. The topological polar surface area (TPSA) is 60.0 Å². The SMILES string of the molecule is Cc1cc(CNCC(N)=O)c(C)n1-c1ccccc1. The summed E-state index contributed by atoms with van der Waals surface area (Å²) in [5, 5.41) is 3.05. The molecule has 19 heavy (non-hydrogen) atoms. The summed E-state index contributed by atoms with van der Waals surface area (Å²) < 4.78 is 2.21. The van der Waals surface area contributed by atoms with Crippen LogP contribution in [0.5, 0.6) is 0 Å². The maximum absolute atomic E-state index is 10.7. The number of aromatic nitrogens is 1. The molecule has 0 spiro atoms. The molecular weight excluding hydrogens is 238 g/mol. The Labute approximate surface area is 113 Å². The van der Waals surface area contributed by atoms with Crippen LogP contribution in [0.2, 0.25) is 0 Å². The lowest BCUT2D eigenvalue weighted by Crippen LogP contribution is -2.28. The number of amides is 1.